The summed E-state index contributed by atoms with van der Waals surface area (Å²) in [6.07, 6.45) is 4.34. The second kappa shape index (κ2) is 8.82. The van der Waals surface area contributed by atoms with Gasteiger partial charge in [-0.05, 0) is 12.8 Å². The van der Waals surface area contributed by atoms with Crippen LogP contribution in [0.1, 0.15) is 32.1 Å². The van der Waals surface area contributed by atoms with Crippen LogP contribution >= 0.6 is 12.4 Å². The van der Waals surface area contributed by atoms with E-state index in [1.54, 1.807) is 0 Å². The van der Waals surface area contributed by atoms with Crippen LogP contribution in [0.4, 0.5) is 4.79 Å². The molecule has 2 aliphatic heterocycles. The number of nitrogens with one attached hydrogen (secondary N) is 3. The molecule has 2 saturated heterocycles. The highest BCUT2D eigenvalue weighted by molar-refractivity contribution is 6.09. The fraction of sp³-hybridized carbons (Fsp3) is 0.812. The highest BCUT2D eigenvalue weighted by Gasteiger charge is 2.51. The van der Waals surface area contributed by atoms with Crippen LogP contribution in [-0.4, -0.2) is 79.0 Å². The van der Waals surface area contributed by atoms with Crippen molar-refractivity contribution >= 4 is 30.3 Å². The van der Waals surface area contributed by atoms with E-state index in [9.17, 15) is 14.4 Å². The van der Waals surface area contributed by atoms with Crippen LogP contribution in [0.25, 0.3) is 0 Å². The van der Waals surface area contributed by atoms with Crippen molar-refractivity contribution in [1.29, 1.82) is 0 Å². The maximum atomic E-state index is 12.6. The van der Waals surface area contributed by atoms with E-state index >= 15 is 0 Å². The first-order chi connectivity index (χ1) is 11.6. The Morgan fingerprint density at radius 2 is 1.80 bits per heavy atom. The van der Waals surface area contributed by atoms with Gasteiger partial charge in [0.15, 0.2) is 0 Å². The summed E-state index contributed by atoms with van der Waals surface area (Å²) in [6, 6.07) is -0.431. The smallest absolute Gasteiger partial charge is 0.325 e. The van der Waals surface area contributed by atoms with Gasteiger partial charge in [-0.3, -0.25) is 19.4 Å². The molecular weight excluding hydrogens is 346 g/mol. The predicted molar refractivity (Wildman–Crippen MR) is 95.6 cm³/mol. The molecule has 1 aliphatic carbocycles. The molecule has 0 aromatic heterocycles. The van der Waals surface area contributed by atoms with Crippen LogP contribution in [0.3, 0.4) is 0 Å². The minimum atomic E-state index is -0.754. The van der Waals surface area contributed by atoms with E-state index in [-0.39, 0.29) is 30.8 Å². The summed E-state index contributed by atoms with van der Waals surface area (Å²) in [5.74, 6) is -0.508. The van der Waals surface area contributed by atoms with Gasteiger partial charge in [0.05, 0.1) is 0 Å². The molecule has 0 atom stereocenters. The van der Waals surface area contributed by atoms with Crippen molar-refractivity contribution < 1.29 is 14.4 Å². The second-order valence-corrected chi connectivity index (χ2v) is 6.91. The molecule has 142 valence electrons. The van der Waals surface area contributed by atoms with Crippen molar-refractivity contribution in [2.45, 2.75) is 37.6 Å². The first-order valence-corrected chi connectivity index (χ1v) is 8.95. The molecule has 3 rings (SSSR count). The van der Waals surface area contributed by atoms with E-state index in [0.717, 1.165) is 56.9 Å². The molecule has 3 aliphatic rings. The molecule has 1 spiro atoms. The fourth-order valence-corrected chi connectivity index (χ4v) is 3.80. The molecule has 1 saturated carbocycles. The first-order valence-electron chi connectivity index (χ1n) is 8.95. The van der Waals surface area contributed by atoms with Crippen LogP contribution < -0.4 is 16.0 Å². The molecular formula is C16H28ClN5O3. The number of carbonyl (C=O) groups is 3. The molecule has 4 amide bonds. The Balaban J connectivity index is 0.00000225. The average Bonchev–Trinajstić information content (AvgIpc) is 2.81. The lowest BCUT2D eigenvalue weighted by atomic mass is 9.82. The maximum Gasteiger partial charge on any atom is 0.325 e. The van der Waals surface area contributed by atoms with Gasteiger partial charge in [0, 0.05) is 39.3 Å². The Kier molecular flexibility index (Phi) is 7.04. The largest absolute Gasteiger partial charge is 0.353 e. The summed E-state index contributed by atoms with van der Waals surface area (Å²) >= 11 is 0. The van der Waals surface area contributed by atoms with Crippen molar-refractivity contribution in [3.05, 3.63) is 0 Å². The fourth-order valence-electron chi connectivity index (χ4n) is 3.80. The zero-order chi connectivity index (χ0) is 17.0. The highest BCUT2D eigenvalue weighted by Crippen LogP contribution is 2.33. The first kappa shape index (κ1) is 19.9. The van der Waals surface area contributed by atoms with E-state index in [1.807, 2.05) is 0 Å². The number of halogens is 1. The van der Waals surface area contributed by atoms with Gasteiger partial charge < -0.3 is 16.0 Å². The third kappa shape index (κ3) is 4.62. The van der Waals surface area contributed by atoms with Crippen LogP contribution in [0.5, 0.6) is 0 Å². The molecule has 0 unspecified atom stereocenters. The van der Waals surface area contributed by atoms with Gasteiger partial charge in [0.25, 0.3) is 5.91 Å². The predicted octanol–water partition coefficient (Wildman–Crippen LogP) is -0.316. The molecule has 0 radical (unpaired) electrons. The SMILES string of the molecule is Cl.O=C(CN1C(=O)NC2(CCCCC2)C1=O)NCCN1CCNCC1. The number of rotatable bonds is 5. The minimum absolute atomic E-state index is 0. The monoisotopic (exact) mass is 373 g/mol. The van der Waals surface area contributed by atoms with Crippen molar-refractivity contribution in [1.82, 2.24) is 25.8 Å². The molecule has 3 fully saturated rings. The molecule has 0 aromatic carbocycles. The van der Waals surface area contributed by atoms with Crippen LogP contribution in [0, 0.1) is 0 Å². The molecule has 25 heavy (non-hydrogen) atoms. The molecule has 8 nitrogen and oxygen atoms in total. The Bertz CT molecular complexity index is 504. The zero-order valence-corrected chi connectivity index (χ0v) is 15.3. The molecule has 0 aromatic rings. The van der Waals surface area contributed by atoms with Crippen molar-refractivity contribution in [3.8, 4) is 0 Å². The van der Waals surface area contributed by atoms with Crippen LogP contribution in [0.15, 0.2) is 0 Å². The summed E-state index contributed by atoms with van der Waals surface area (Å²) < 4.78 is 0. The Hall–Kier alpha value is -1.38. The number of piperazine rings is 1. The number of imide groups is 1. The lowest BCUT2D eigenvalue weighted by Crippen LogP contribution is -2.49. The number of hydrogen-bond donors (Lipinski definition) is 3. The third-order valence-corrected chi connectivity index (χ3v) is 5.21. The third-order valence-electron chi connectivity index (χ3n) is 5.21. The Labute approximate surface area is 154 Å². The van der Waals surface area contributed by atoms with Crippen LogP contribution in [0.2, 0.25) is 0 Å². The Morgan fingerprint density at radius 1 is 1.12 bits per heavy atom. The molecule has 2 heterocycles. The van der Waals surface area contributed by atoms with Crippen LogP contribution in [-0.2, 0) is 9.59 Å². The van der Waals surface area contributed by atoms with Gasteiger partial charge in [-0.15, -0.1) is 12.4 Å². The zero-order valence-electron chi connectivity index (χ0n) is 14.5. The van der Waals surface area contributed by atoms with Gasteiger partial charge in [-0.2, -0.15) is 0 Å². The van der Waals surface area contributed by atoms with Gasteiger partial charge >= 0.3 is 6.03 Å². The van der Waals surface area contributed by atoms with Crippen molar-refractivity contribution in [2.24, 2.45) is 0 Å². The van der Waals surface area contributed by atoms with Gasteiger partial charge in [0.1, 0.15) is 12.1 Å². The summed E-state index contributed by atoms with van der Waals surface area (Å²) in [7, 11) is 0. The van der Waals surface area contributed by atoms with E-state index in [0.29, 0.717) is 19.4 Å². The minimum Gasteiger partial charge on any atom is -0.353 e. The number of amides is 4. The van der Waals surface area contributed by atoms with Gasteiger partial charge in [0.2, 0.25) is 5.91 Å². The van der Waals surface area contributed by atoms with Gasteiger partial charge in [-0.25, -0.2) is 4.79 Å². The maximum absolute atomic E-state index is 12.6. The average molecular weight is 374 g/mol. The van der Waals surface area contributed by atoms with E-state index < -0.39 is 11.6 Å². The molecule has 9 heteroatoms. The lowest BCUT2D eigenvalue weighted by molar-refractivity contribution is -0.135. The van der Waals surface area contributed by atoms with E-state index in [1.165, 1.54) is 0 Å². The topological polar surface area (TPSA) is 93.8 Å². The molecule has 3 N–H and O–H groups in total. The van der Waals surface area contributed by atoms with E-state index in [2.05, 4.69) is 20.9 Å². The lowest BCUT2D eigenvalue weighted by Gasteiger charge is -2.30. The second-order valence-electron chi connectivity index (χ2n) is 6.91. The van der Waals surface area contributed by atoms with E-state index in [4.69, 9.17) is 0 Å². The normalized spacial score (nSPS) is 23.3. The quantitative estimate of drug-likeness (QED) is 0.574. The summed E-state index contributed by atoms with van der Waals surface area (Å²) in [5, 5.41) is 8.92. The summed E-state index contributed by atoms with van der Waals surface area (Å²) in [4.78, 5) is 40.2. The van der Waals surface area contributed by atoms with Crippen molar-refractivity contribution in [3.63, 3.8) is 0 Å². The number of urea groups is 1. The van der Waals surface area contributed by atoms with Gasteiger partial charge in [-0.1, -0.05) is 19.3 Å². The van der Waals surface area contributed by atoms with Crippen molar-refractivity contribution in [2.75, 3.05) is 45.8 Å². The highest BCUT2D eigenvalue weighted by atomic mass is 35.5. The standard InChI is InChI=1S/C16H27N5O3.ClH/c22-13(18-8-11-20-9-6-17-7-10-20)12-21-14(23)16(19-15(21)24)4-2-1-3-5-16;/h17H,1-12H2,(H,18,22)(H,19,24);1H. The summed E-state index contributed by atoms with van der Waals surface area (Å²) in [5.41, 5.74) is -0.754. The number of hydrogen-bond acceptors (Lipinski definition) is 5. The summed E-state index contributed by atoms with van der Waals surface area (Å²) in [6.45, 7) is 5.03. The Morgan fingerprint density at radius 3 is 2.48 bits per heavy atom. The molecule has 0 bridgehead atoms. The number of nitrogens with zero attached hydrogens (tertiary/aromatic N) is 2. The number of carbonyl (C=O) groups excluding carboxylic acids is 3.